The maximum absolute atomic E-state index is 11.9. The normalized spacial score (nSPS) is 12.9. The van der Waals surface area contributed by atoms with Crippen LogP contribution in [0, 0.1) is 0 Å². The monoisotopic (exact) mass is 344 g/mol. The van der Waals surface area contributed by atoms with Crippen molar-refractivity contribution in [3.8, 4) is 5.75 Å². The zero-order valence-corrected chi connectivity index (χ0v) is 15.1. The molecule has 1 unspecified atom stereocenters. The maximum Gasteiger partial charge on any atom is 0.239 e. The summed E-state index contributed by atoms with van der Waals surface area (Å²) in [7, 11) is 1.65. The highest BCUT2D eigenvalue weighted by atomic mass is 35.5. The predicted octanol–water partition coefficient (Wildman–Crippen LogP) is 2.66. The van der Waals surface area contributed by atoms with E-state index in [-0.39, 0.29) is 18.3 Å². The number of hydrogen-bond acceptors (Lipinski definition) is 4. The SMILES string of the molecule is CCCC(C)(N)C(=O)NCCCOCc1ccc(OC)cc1.Cl. The molecule has 0 saturated heterocycles. The van der Waals surface area contributed by atoms with Crippen LogP contribution in [0.2, 0.25) is 0 Å². The number of amides is 1. The molecule has 1 aromatic rings. The van der Waals surface area contributed by atoms with Crippen LogP contribution in [0.5, 0.6) is 5.75 Å². The molecule has 0 radical (unpaired) electrons. The first-order valence-corrected chi connectivity index (χ1v) is 7.77. The lowest BCUT2D eigenvalue weighted by Crippen LogP contribution is -2.51. The Hall–Kier alpha value is -1.30. The highest BCUT2D eigenvalue weighted by Crippen LogP contribution is 2.12. The van der Waals surface area contributed by atoms with E-state index in [2.05, 4.69) is 5.32 Å². The van der Waals surface area contributed by atoms with Crippen molar-refractivity contribution in [3.63, 3.8) is 0 Å². The van der Waals surface area contributed by atoms with Crippen LogP contribution in [0.3, 0.4) is 0 Å². The van der Waals surface area contributed by atoms with E-state index < -0.39 is 5.54 Å². The second kappa shape index (κ2) is 11.3. The van der Waals surface area contributed by atoms with Gasteiger partial charge in [-0.15, -0.1) is 12.4 Å². The van der Waals surface area contributed by atoms with Crippen molar-refractivity contribution in [2.24, 2.45) is 5.73 Å². The number of halogens is 1. The first kappa shape index (κ1) is 21.7. The Labute approximate surface area is 145 Å². The molecule has 0 fully saturated rings. The lowest BCUT2D eigenvalue weighted by molar-refractivity contribution is -0.126. The Bertz CT molecular complexity index is 450. The first-order valence-electron chi connectivity index (χ1n) is 7.77. The van der Waals surface area contributed by atoms with Gasteiger partial charge in [-0.1, -0.05) is 25.5 Å². The van der Waals surface area contributed by atoms with Crippen molar-refractivity contribution in [3.05, 3.63) is 29.8 Å². The lowest BCUT2D eigenvalue weighted by atomic mass is 9.96. The minimum atomic E-state index is -0.779. The van der Waals surface area contributed by atoms with Crippen LogP contribution >= 0.6 is 12.4 Å². The zero-order chi connectivity index (χ0) is 16.4. The van der Waals surface area contributed by atoms with Gasteiger partial charge in [-0.25, -0.2) is 0 Å². The van der Waals surface area contributed by atoms with Gasteiger partial charge in [-0.05, 0) is 37.5 Å². The van der Waals surface area contributed by atoms with Crippen LogP contribution in [0.4, 0.5) is 0 Å². The number of carbonyl (C=O) groups is 1. The fourth-order valence-corrected chi connectivity index (χ4v) is 2.12. The molecule has 1 atom stereocenters. The molecular weight excluding hydrogens is 316 g/mol. The van der Waals surface area contributed by atoms with Crippen molar-refractivity contribution in [1.29, 1.82) is 0 Å². The van der Waals surface area contributed by atoms with Crippen LogP contribution in [0.25, 0.3) is 0 Å². The van der Waals surface area contributed by atoms with Gasteiger partial charge in [0.05, 0.1) is 19.3 Å². The van der Waals surface area contributed by atoms with Crippen molar-refractivity contribution < 1.29 is 14.3 Å². The molecule has 132 valence electrons. The van der Waals surface area contributed by atoms with Crippen LogP contribution in [-0.2, 0) is 16.1 Å². The van der Waals surface area contributed by atoms with Gasteiger partial charge in [0.15, 0.2) is 0 Å². The molecule has 0 bridgehead atoms. The van der Waals surface area contributed by atoms with Gasteiger partial charge in [-0.2, -0.15) is 0 Å². The van der Waals surface area contributed by atoms with Gasteiger partial charge in [0.1, 0.15) is 5.75 Å². The number of ether oxygens (including phenoxy) is 2. The average Bonchev–Trinajstić information content (AvgIpc) is 2.51. The second-order valence-corrected chi connectivity index (χ2v) is 5.68. The minimum absolute atomic E-state index is 0. The van der Waals surface area contributed by atoms with Crippen LogP contribution < -0.4 is 15.8 Å². The molecule has 0 spiro atoms. The third-order valence-electron chi connectivity index (χ3n) is 3.47. The molecule has 23 heavy (non-hydrogen) atoms. The Morgan fingerprint density at radius 3 is 2.52 bits per heavy atom. The van der Waals surface area contributed by atoms with E-state index in [1.54, 1.807) is 14.0 Å². The molecule has 0 heterocycles. The first-order chi connectivity index (χ1) is 10.5. The van der Waals surface area contributed by atoms with Gasteiger partial charge in [0, 0.05) is 13.2 Å². The van der Waals surface area contributed by atoms with Gasteiger partial charge in [0.25, 0.3) is 0 Å². The molecule has 0 aliphatic rings. The standard InChI is InChI=1S/C17H28N2O3.ClH/c1-4-10-17(2,18)16(20)19-11-5-12-22-13-14-6-8-15(21-3)9-7-14;/h6-9H,4-5,10-13,18H2,1-3H3,(H,19,20);1H. The third-order valence-corrected chi connectivity index (χ3v) is 3.47. The van der Waals surface area contributed by atoms with E-state index in [4.69, 9.17) is 15.2 Å². The summed E-state index contributed by atoms with van der Waals surface area (Å²) in [6.45, 7) is 5.53. The quantitative estimate of drug-likeness (QED) is 0.640. The summed E-state index contributed by atoms with van der Waals surface area (Å²) in [5.41, 5.74) is 6.28. The number of nitrogens with one attached hydrogen (secondary N) is 1. The fourth-order valence-electron chi connectivity index (χ4n) is 2.12. The highest BCUT2D eigenvalue weighted by Gasteiger charge is 2.26. The Kier molecular flexibility index (Phi) is 10.6. The average molecular weight is 345 g/mol. The molecule has 0 aromatic heterocycles. The number of benzene rings is 1. The molecule has 5 nitrogen and oxygen atoms in total. The molecule has 1 rings (SSSR count). The highest BCUT2D eigenvalue weighted by molar-refractivity contribution is 5.85. The van der Waals surface area contributed by atoms with E-state index in [0.717, 1.165) is 24.2 Å². The van der Waals surface area contributed by atoms with Crippen LogP contribution in [-0.4, -0.2) is 31.7 Å². The van der Waals surface area contributed by atoms with E-state index in [1.807, 2.05) is 31.2 Å². The molecule has 3 N–H and O–H groups in total. The van der Waals surface area contributed by atoms with Gasteiger partial charge >= 0.3 is 0 Å². The fraction of sp³-hybridized carbons (Fsp3) is 0.588. The third kappa shape index (κ3) is 8.21. The largest absolute Gasteiger partial charge is 0.497 e. The number of nitrogens with two attached hydrogens (primary N) is 1. The summed E-state index contributed by atoms with van der Waals surface area (Å²) in [4.78, 5) is 11.9. The van der Waals surface area contributed by atoms with Crippen molar-refractivity contribution in [2.45, 2.75) is 45.3 Å². The van der Waals surface area contributed by atoms with Crippen LogP contribution in [0.15, 0.2) is 24.3 Å². The smallest absolute Gasteiger partial charge is 0.239 e. The number of carbonyl (C=O) groups excluding carboxylic acids is 1. The van der Waals surface area contributed by atoms with E-state index in [0.29, 0.717) is 26.2 Å². The summed E-state index contributed by atoms with van der Waals surface area (Å²) in [5, 5.41) is 2.86. The van der Waals surface area contributed by atoms with Gasteiger partial charge < -0.3 is 20.5 Å². The Morgan fingerprint density at radius 1 is 1.30 bits per heavy atom. The molecule has 6 heteroatoms. The van der Waals surface area contributed by atoms with E-state index in [9.17, 15) is 4.79 Å². The topological polar surface area (TPSA) is 73.6 Å². The summed E-state index contributed by atoms with van der Waals surface area (Å²) in [6.07, 6.45) is 2.35. The molecule has 0 aliphatic heterocycles. The lowest BCUT2D eigenvalue weighted by Gasteiger charge is -2.22. The maximum atomic E-state index is 11.9. The summed E-state index contributed by atoms with van der Waals surface area (Å²) in [6, 6.07) is 7.78. The summed E-state index contributed by atoms with van der Waals surface area (Å²) < 4.78 is 10.7. The minimum Gasteiger partial charge on any atom is -0.497 e. The molecular formula is C17H29ClN2O3. The molecule has 1 aromatic carbocycles. The molecule has 1 amide bonds. The van der Waals surface area contributed by atoms with Gasteiger partial charge in [-0.3, -0.25) is 4.79 Å². The van der Waals surface area contributed by atoms with E-state index >= 15 is 0 Å². The van der Waals surface area contributed by atoms with Crippen molar-refractivity contribution in [2.75, 3.05) is 20.3 Å². The predicted molar refractivity (Wildman–Crippen MR) is 95.0 cm³/mol. The van der Waals surface area contributed by atoms with Gasteiger partial charge in [0.2, 0.25) is 5.91 Å². The molecule has 0 aliphatic carbocycles. The van der Waals surface area contributed by atoms with Crippen LogP contribution in [0.1, 0.15) is 38.7 Å². The summed E-state index contributed by atoms with van der Waals surface area (Å²) >= 11 is 0. The number of rotatable bonds is 10. The number of methoxy groups -OCH3 is 1. The van der Waals surface area contributed by atoms with Crippen molar-refractivity contribution in [1.82, 2.24) is 5.32 Å². The van der Waals surface area contributed by atoms with E-state index in [1.165, 1.54) is 0 Å². The second-order valence-electron chi connectivity index (χ2n) is 5.68. The Balaban J connectivity index is 0.00000484. The summed E-state index contributed by atoms with van der Waals surface area (Å²) in [5.74, 6) is 0.743. The zero-order valence-electron chi connectivity index (χ0n) is 14.3. The Morgan fingerprint density at radius 2 is 1.96 bits per heavy atom. The molecule has 0 saturated carbocycles. The van der Waals surface area contributed by atoms with Crippen molar-refractivity contribution >= 4 is 18.3 Å². The number of hydrogen-bond donors (Lipinski definition) is 2.